The summed E-state index contributed by atoms with van der Waals surface area (Å²) in [4.78, 5) is 60.4. The third kappa shape index (κ3) is 4.65. The third-order valence-corrected chi connectivity index (χ3v) is 8.87. The number of rotatable bonds is 9. The number of nitrogen functional groups attached to an aromatic ring is 1. The molecule has 2 fully saturated rings. The normalized spacial score (nSPS) is 24.7. The number of anilines is 1. The summed E-state index contributed by atoms with van der Waals surface area (Å²) in [5, 5.41) is 13.7. The van der Waals surface area contributed by atoms with Gasteiger partial charge in [-0.2, -0.15) is 5.48 Å². The van der Waals surface area contributed by atoms with Crippen LogP contribution in [-0.4, -0.2) is 74.5 Å². The molecule has 0 radical (unpaired) electrons. The van der Waals surface area contributed by atoms with Crippen LogP contribution in [0.25, 0.3) is 0 Å². The maximum Gasteiger partial charge on any atom is 0.313 e. The first kappa shape index (κ1) is 24.5. The van der Waals surface area contributed by atoms with E-state index in [-0.39, 0.29) is 34.1 Å². The van der Waals surface area contributed by atoms with Crippen LogP contribution in [0.15, 0.2) is 28.2 Å². The van der Waals surface area contributed by atoms with Crippen LogP contribution in [0, 0.1) is 5.41 Å². The Morgan fingerprint density at radius 3 is 2.91 bits per heavy atom. The summed E-state index contributed by atoms with van der Waals surface area (Å²) >= 11 is 3.26. The van der Waals surface area contributed by atoms with Crippen LogP contribution in [0.2, 0.25) is 0 Å². The molecule has 0 bridgehead atoms. The second-order valence-corrected chi connectivity index (χ2v) is 10.6. The highest BCUT2D eigenvalue weighted by Crippen LogP contribution is 2.44. The second-order valence-electron chi connectivity index (χ2n) is 7.66. The van der Waals surface area contributed by atoms with Gasteiger partial charge < -0.3 is 30.3 Å². The summed E-state index contributed by atoms with van der Waals surface area (Å²) in [5.74, 6) is -1.73. The number of nitrogens with one attached hydrogen (secondary N) is 2. The molecule has 15 heteroatoms. The Hall–Kier alpha value is -2.59. The first-order chi connectivity index (χ1) is 16.3. The monoisotopic (exact) mass is 527 g/mol. The Morgan fingerprint density at radius 1 is 1.50 bits per heavy atom. The zero-order valence-electron chi connectivity index (χ0n) is 17.8. The first-order valence-electron chi connectivity index (χ1n) is 9.91. The molecule has 2 aromatic rings. The molecule has 2 saturated heterocycles. The molecule has 2 aliphatic heterocycles. The number of carboxylic acid groups (broad SMARTS) is 1. The lowest BCUT2D eigenvalue weighted by atomic mass is 9.89. The Morgan fingerprint density at radius 2 is 2.29 bits per heavy atom. The van der Waals surface area contributed by atoms with E-state index in [1.807, 2.05) is 0 Å². The predicted octanol–water partition coefficient (Wildman–Crippen LogP) is 0.555. The number of amides is 2. The molecular formula is C19H21N5O7S3. The lowest BCUT2D eigenvalue weighted by Gasteiger charge is -2.53. The molecule has 12 nitrogen and oxygen atoms in total. The molecule has 0 saturated carbocycles. The molecule has 5 N–H and O–H groups in total. The van der Waals surface area contributed by atoms with Crippen molar-refractivity contribution in [1.29, 1.82) is 0 Å². The lowest BCUT2D eigenvalue weighted by Crippen LogP contribution is -2.74. The largest absolute Gasteiger partial charge is 0.481 e. The number of hydroxylamine groups is 1. The maximum atomic E-state index is 12.8. The van der Waals surface area contributed by atoms with E-state index in [1.54, 1.807) is 11.4 Å². The number of furan rings is 1. The third-order valence-electron chi connectivity index (χ3n) is 5.43. The van der Waals surface area contributed by atoms with E-state index in [4.69, 9.17) is 15.0 Å². The van der Waals surface area contributed by atoms with Gasteiger partial charge in [0.1, 0.15) is 16.8 Å². The van der Waals surface area contributed by atoms with Crippen molar-refractivity contribution in [3.63, 3.8) is 0 Å². The van der Waals surface area contributed by atoms with Crippen molar-refractivity contribution in [3.05, 3.63) is 35.2 Å². The number of nitrogens with two attached hydrogens (primary N) is 1. The van der Waals surface area contributed by atoms with Crippen molar-refractivity contribution in [2.24, 2.45) is 5.41 Å². The number of hydrogen-bond acceptors (Lipinski definition) is 12. The average Bonchev–Trinajstić information content (AvgIpc) is 3.51. The number of carbonyl (C=O) groups excluding carboxylic acids is 3. The van der Waals surface area contributed by atoms with E-state index in [0.29, 0.717) is 5.69 Å². The highest BCUT2D eigenvalue weighted by Gasteiger charge is 2.57. The van der Waals surface area contributed by atoms with Crippen LogP contribution >= 0.6 is 34.9 Å². The van der Waals surface area contributed by atoms with Gasteiger partial charge in [-0.3, -0.25) is 19.2 Å². The van der Waals surface area contributed by atoms with Gasteiger partial charge in [-0.25, -0.2) is 4.98 Å². The quantitative estimate of drug-likeness (QED) is 0.263. The molecule has 0 spiro atoms. The van der Waals surface area contributed by atoms with Gasteiger partial charge >= 0.3 is 5.97 Å². The van der Waals surface area contributed by atoms with Gasteiger partial charge in [0.2, 0.25) is 11.8 Å². The van der Waals surface area contributed by atoms with Crippen LogP contribution in [0.1, 0.15) is 22.3 Å². The molecular weight excluding hydrogens is 506 g/mol. The van der Waals surface area contributed by atoms with E-state index in [2.05, 4.69) is 15.8 Å². The van der Waals surface area contributed by atoms with Crippen molar-refractivity contribution in [2.75, 3.05) is 30.9 Å². The van der Waals surface area contributed by atoms with Gasteiger partial charge in [-0.05, 0) is 12.1 Å². The summed E-state index contributed by atoms with van der Waals surface area (Å²) in [6.07, 6.45) is 1.37. The molecule has 3 unspecified atom stereocenters. The molecule has 2 aliphatic rings. The van der Waals surface area contributed by atoms with Crippen LogP contribution < -0.4 is 16.5 Å². The summed E-state index contributed by atoms with van der Waals surface area (Å²) in [6.45, 7) is -0.0635. The average molecular weight is 528 g/mol. The number of β-lactam (4-membered cyclic amide) rings is 1. The van der Waals surface area contributed by atoms with Crippen molar-refractivity contribution < 1.29 is 33.5 Å². The van der Waals surface area contributed by atoms with E-state index < -0.39 is 40.7 Å². The highest BCUT2D eigenvalue weighted by molar-refractivity contribution is 8.14. The van der Waals surface area contributed by atoms with E-state index in [0.717, 1.165) is 11.8 Å². The first-order valence-corrected chi connectivity index (χ1v) is 12.8. The van der Waals surface area contributed by atoms with E-state index in [1.165, 1.54) is 47.4 Å². The fourth-order valence-corrected chi connectivity index (χ4v) is 6.85. The molecule has 4 heterocycles. The molecule has 34 heavy (non-hydrogen) atoms. The maximum absolute atomic E-state index is 12.8. The molecule has 182 valence electrons. The highest BCUT2D eigenvalue weighted by atomic mass is 32.2. The number of hydrogen-bond donors (Lipinski definition) is 4. The Balaban J connectivity index is 1.39. The van der Waals surface area contributed by atoms with Gasteiger partial charge in [0.15, 0.2) is 16.9 Å². The van der Waals surface area contributed by atoms with Crippen molar-refractivity contribution >= 4 is 62.9 Å². The number of carbonyl (C=O) groups is 4. The van der Waals surface area contributed by atoms with Crippen LogP contribution in [-0.2, 0) is 19.2 Å². The van der Waals surface area contributed by atoms with Gasteiger partial charge in [-0.15, -0.1) is 23.1 Å². The summed E-state index contributed by atoms with van der Waals surface area (Å²) < 4.78 is 5.06. The molecule has 4 atom stereocenters. The zero-order chi connectivity index (χ0) is 24.5. The molecule has 2 amide bonds. The van der Waals surface area contributed by atoms with E-state index >= 15 is 0 Å². The summed E-state index contributed by atoms with van der Waals surface area (Å²) in [5.41, 5.74) is 7.24. The smallest absolute Gasteiger partial charge is 0.313 e. The Kier molecular flexibility index (Phi) is 7.18. The number of thioether (sulfide) groups is 2. The van der Waals surface area contributed by atoms with Gasteiger partial charge in [0.05, 0.1) is 19.1 Å². The number of nitrogens with zero attached hydrogens (tertiary/aromatic N) is 2. The topological polar surface area (TPSA) is 177 Å². The van der Waals surface area contributed by atoms with Crippen molar-refractivity contribution in [2.45, 2.75) is 17.5 Å². The Bertz CT molecular complexity index is 1090. The van der Waals surface area contributed by atoms with Crippen LogP contribution in [0.5, 0.6) is 0 Å². The predicted molar refractivity (Wildman–Crippen MR) is 125 cm³/mol. The number of fused-ring (bicyclic) bond motifs is 1. The Labute approximate surface area is 205 Å². The zero-order valence-corrected chi connectivity index (χ0v) is 20.2. The van der Waals surface area contributed by atoms with E-state index in [9.17, 15) is 24.3 Å². The molecule has 0 aliphatic carbocycles. The van der Waals surface area contributed by atoms with Gasteiger partial charge in [0.25, 0.3) is 5.12 Å². The number of thiazole rings is 1. The number of aromatic nitrogens is 1. The number of carboxylic acids is 1. The fourth-order valence-electron chi connectivity index (χ4n) is 3.61. The molecule has 2 aromatic heterocycles. The van der Waals surface area contributed by atoms with Gasteiger partial charge in [-0.1, -0.05) is 11.8 Å². The van der Waals surface area contributed by atoms with Crippen molar-refractivity contribution in [3.8, 4) is 0 Å². The van der Waals surface area contributed by atoms with Crippen LogP contribution in [0.3, 0.4) is 0 Å². The lowest BCUT2D eigenvalue weighted by molar-refractivity contribution is -0.158. The minimum Gasteiger partial charge on any atom is -0.481 e. The minimum absolute atomic E-state index is 0.0204. The standard InChI is InChI=1S/C19H21N5O7S3/c1-30-23-11(9-5-32-18(20)21-9)13(25)22-12-14(26)24-6-19(17(28)29,7-33-15(12)24)8-34-16(27)10-3-2-4-31-10/h2-5,11-12,15,23H,6-8H2,1H3,(H2,20,21)(H,22,25)(H,28,29)/t11?,12?,15-,19?/m1/s1. The summed E-state index contributed by atoms with van der Waals surface area (Å²) in [6, 6.07) is 1.28. The second kappa shape index (κ2) is 9.95. The SMILES string of the molecule is CONC(C(=O)NC1C(=O)N2CC(CSC(=O)c3ccco3)(C(=O)O)CS[C@H]12)c1csc(N)n1. The fraction of sp³-hybridized carbons (Fsp3) is 0.421. The van der Waals surface area contributed by atoms with Gasteiger partial charge in [0, 0.05) is 23.4 Å². The summed E-state index contributed by atoms with van der Waals surface area (Å²) in [7, 11) is 1.35. The van der Waals surface area contributed by atoms with Crippen LogP contribution in [0.4, 0.5) is 5.13 Å². The van der Waals surface area contributed by atoms with Crippen molar-refractivity contribution in [1.82, 2.24) is 20.7 Å². The number of aliphatic carboxylic acids is 1. The molecule has 0 aromatic carbocycles. The molecule has 4 rings (SSSR count). The minimum atomic E-state index is -1.31.